The third-order valence-corrected chi connectivity index (χ3v) is 11.7. The number of hydrogen-bond acceptors (Lipinski definition) is 1. The van der Waals surface area contributed by atoms with Crippen LogP contribution in [0.25, 0.3) is 104 Å². The van der Waals surface area contributed by atoms with Crippen LogP contribution in [0.3, 0.4) is 0 Å². The van der Waals surface area contributed by atoms with Crippen LogP contribution in [-0.4, -0.2) is 43.8 Å². The molecule has 11 rings (SSSR count). The number of nitrogens with zero attached hydrogens (tertiary/aromatic N) is 1. The minimum atomic E-state index is 0.195. The molecule has 0 spiro atoms. The molecule has 0 aliphatic carbocycles. The van der Waals surface area contributed by atoms with Gasteiger partial charge in [-0.2, -0.15) is 0 Å². The lowest BCUT2D eigenvalue weighted by Crippen LogP contribution is -2.55. The molecule has 0 aliphatic heterocycles. The predicted molar refractivity (Wildman–Crippen MR) is 246 cm³/mol. The highest BCUT2D eigenvalue weighted by Gasteiger charge is 2.23. The second-order valence-electron chi connectivity index (χ2n) is 14.7. The van der Waals surface area contributed by atoms with E-state index in [1.54, 1.807) is 0 Å². The zero-order valence-corrected chi connectivity index (χ0v) is 30.8. The van der Waals surface area contributed by atoms with Crippen molar-refractivity contribution in [2.45, 2.75) is 0 Å². The van der Waals surface area contributed by atoms with Gasteiger partial charge >= 0.3 is 0 Å². The minimum absolute atomic E-state index is 0.195. The first kappa shape index (κ1) is 33.7. The van der Waals surface area contributed by atoms with Crippen LogP contribution in [0.4, 0.5) is 0 Å². The van der Waals surface area contributed by atoms with Crippen molar-refractivity contribution in [1.82, 2.24) is 4.57 Å². The Bertz CT molecular complexity index is 3330. The van der Waals surface area contributed by atoms with Crippen LogP contribution in [-0.2, 0) is 0 Å². The summed E-state index contributed by atoms with van der Waals surface area (Å²) in [5, 5.41) is 8.60. The third-order valence-electron chi connectivity index (χ3n) is 11.7. The minimum Gasteiger partial charge on any atom is -0.456 e. The lowest BCUT2D eigenvalue weighted by Gasteiger charge is -2.25. The van der Waals surface area contributed by atoms with Gasteiger partial charge in [0, 0.05) is 21.7 Å². The van der Waals surface area contributed by atoms with Crippen LogP contribution in [0.2, 0.25) is 0 Å². The summed E-state index contributed by atoms with van der Waals surface area (Å²) in [5.41, 5.74) is 12.2. The van der Waals surface area contributed by atoms with Crippen molar-refractivity contribution in [3.8, 4) is 39.1 Å². The van der Waals surface area contributed by atoms with Gasteiger partial charge in [-0.25, -0.2) is 0 Å². The second-order valence-corrected chi connectivity index (χ2v) is 14.7. The third kappa shape index (κ3) is 4.85. The molecule has 0 fully saturated rings. The molecule has 0 saturated heterocycles. The number of fused-ring (bicyclic) bond motifs is 8. The Morgan fingerprint density at radius 3 is 1.33 bits per heavy atom. The number of furan rings is 1. The smallest absolute Gasteiger partial charge is 0.137 e. The summed E-state index contributed by atoms with van der Waals surface area (Å²) in [6, 6.07) is 55.4. The molecule has 2 nitrogen and oxygen atoms in total. The summed E-state index contributed by atoms with van der Waals surface area (Å²) in [7, 11) is 32.5. The van der Waals surface area contributed by atoms with E-state index in [0.29, 0.717) is 16.5 Å². The molecule has 0 bridgehead atoms. The van der Waals surface area contributed by atoms with Gasteiger partial charge < -0.3 is 8.98 Å². The van der Waals surface area contributed by atoms with E-state index in [1.165, 1.54) is 10.8 Å². The Labute approximate surface area is 336 Å². The number of benzene rings is 9. The Morgan fingerprint density at radius 1 is 0.333 bits per heavy atom. The molecule has 0 saturated carbocycles. The van der Waals surface area contributed by atoms with E-state index >= 15 is 0 Å². The first-order valence-electron chi connectivity index (χ1n) is 18.9. The highest BCUT2D eigenvalue weighted by atomic mass is 16.3. The van der Waals surface area contributed by atoms with E-state index in [0.717, 1.165) is 88.0 Å². The van der Waals surface area contributed by atoms with E-state index in [-0.39, 0.29) is 16.4 Å². The Balaban J connectivity index is 1.17. The maximum atomic E-state index is 6.71. The van der Waals surface area contributed by atoms with E-state index in [2.05, 4.69) is 138 Å². The Morgan fingerprint density at radius 2 is 0.772 bits per heavy atom. The van der Waals surface area contributed by atoms with Crippen LogP contribution >= 0.6 is 0 Å². The molecule has 57 heavy (non-hydrogen) atoms. The van der Waals surface area contributed by atoms with Crippen molar-refractivity contribution >= 4 is 132 Å². The molecule has 10 radical (unpaired) electrons. The molecule has 0 amide bonds. The van der Waals surface area contributed by atoms with Gasteiger partial charge in [0.15, 0.2) is 0 Å². The van der Waals surface area contributed by atoms with Crippen molar-refractivity contribution in [3.63, 3.8) is 0 Å². The van der Waals surface area contributed by atoms with Crippen LogP contribution in [0.5, 0.6) is 0 Å². The zero-order chi connectivity index (χ0) is 38.5. The molecule has 0 atom stereocenters. The maximum absolute atomic E-state index is 6.71. The van der Waals surface area contributed by atoms with E-state index < -0.39 is 0 Å². The van der Waals surface area contributed by atoms with Crippen molar-refractivity contribution in [2.24, 2.45) is 0 Å². The van der Waals surface area contributed by atoms with Crippen molar-refractivity contribution in [3.05, 3.63) is 158 Å². The first-order chi connectivity index (χ1) is 27.9. The molecule has 9 aromatic carbocycles. The molecule has 2 heterocycles. The standard InChI is InChI=1S/C50H26B5NO/c51-45-44(46(52)48(54)49(55)47(45)53)42-34-15-3-1-13-32(34)41(33-14-2-4-16-35(33)42)28-23-21-27(22-24-28)29-25-26-40-43(36-17-7-10-20-39(36)57-40)50(29)56-37-18-8-5-11-30(37)31-12-6-9-19-38(31)56/h1-26H. The van der Waals surface area contributed by atoms with Gasteiger partial charge in [0.05, 0.1) is 22.1 Å². The molecule has 11 aromatic rings. The van der Waals surface area contributed by atoms with Crippen LogP contribution in [0, 0.1) is 0 Å². The van der Waals surface area contributed by atoms with Crippen molar-refractivity contribution in [2.75, 3.05) is 0 Å². The first-order valence-corrected chi connectivity index (χ1v) is 18.9. The molecular weight excluding hydrogens is 685 g/mol. The number of aromatic nitrogens is 1. The summed E-state index contributed by atoms with van der Waals surface area (Å²) in [6.45, 7) is 0. The van der Waals surface area contributed by atoms with Crippen LogP contribution in [0.1, 0.15) is 0 Å². The summed E-state index contributed by atoms with van der Waals surface area (Å²) in [5.74, 6) is 0. The SMILES string of the molecule is [B]c1c([B])c([B])c(-c2c3ccccc3c(-c3ccc(-c4ccc5oc6ccccc6c5c4-n4c5ccccc5c5ccccc54)cc3)c3ccccc23)c([B])c1[B]. The monoisotopic (exact) mass is 711 g/mol. The fraction of sp³-hybridized carbons (Fsp3) is 0. The van der Waals surface area contributed by atoms with Gasteiger partial charge in [-0.1, -0.05) is 138 Å². The summed E-state index contributed by atoms with van der Waals surface area (Å²) < 4.78 is 8.90. The second kappa shape index (κ2) is 12.7. The highest BCUT2D eigenvalue weighted by Crippen LogP contribution is 2.46. The van der Waals surface area contributed by atoms with Gasteiger partial charge in [0.25, 0.3) is 0 Å². The average Bonchev–Trinajstić information content (AvgIpc) is 3.81. The predicted octanol–water partition coefficient (Wildman–Crippen LogP) is 7.96. The molecule has 0 unspecified atom stereocenters. The lowest BCUT2D eigenvalue weighted by molar-refractivity contribution is 0.669. The van der Waals surface area contributed by atoms with E-state index in [4.69, 9.17) is 43.6 Å². The molecule has 7 heteroatoms. The van der Waals surface area contributed by atoms with E-state index in [1.807, 2.05) is 24.3 Å². The van der Waals surface area contributed by atoms with Gasteiger partial charge in [-0.3, -0.25) is 0 Å². The fourth-order valence-corrected chi connectivity index (χ4v) is 9.07. The normalized spacial score (nSPS) is 11.9. The highest BCUT2D eigenvalue weighted by molar-refractivity contribution is 6.69. The van der Waals surface area contributed by atoms with Crippen LogP contribution < -0.4 is 27.3 Å². The largest absolute Gasteiger partial charge is 0.456 e. The zero-order valence-electron chi connectivity index (χ0n) is 30.8. The molecule has 2 aromatic heterocycles. The van der Waals surface area contributed by atoms with Gasteiger partial charge in [0.1, 0.15) is 50.4 Å². The Hall–Kier alpha value is -6.58. The molecule has 0 aliphatic rings. The van der Waals surface area contributed by atoms with Crippen LogP contribution in [0.15, 0.2) is 162 Å². The van der Waals surface area contributed by atoms with Gasteiger partial charge in [0.2, 0.25) is 0 Å². The summed E-state index contributed by atoms with van der Waals surface area (Å²) >= 11 is 0. The van der Waals surface area contributed by atoms with Gasteiger partial charge in [-0.05, 0) is 79.7 Å². The summed E-state index contributed by atoms with van der Waals surface area (Å²) in [4.78, 5) is 0. The Kier molecular flexibility index (Phi) is 7.53. The number of para-hydroxylation sites is 3. The quantitative estimate of drug-likeness (QED) is 0.134. The molecule has 0 N–H and O–H groups in total. The summed E-state index contributed by atoms with van der Waals surface area (Å²) in [6.07, 6.45) is 0. The fourth-order valence-electron chi connectivity index (χ4n) is 9.07. The van der Waals surface area contributed by atoms with E-state index in [9.17, 15) is 0 Å². The number of hydrogen-bond donors (Lipinski definition) is 0. The number of rotatable bonds is 4. The topological polar surface area (TPSA) is 18.1 Å². The maximum Gasteiger partial charge on any atom is 0.137 e. The van der Waals surface area contributed by atoms with Gasteiger partial charge in [-0.15, -0.1) is 16.4 Å². The molecular formula is C50H26B5NO. The van der Waals surface area contributed by atoms with Crippen molar-refractivity contribution in [1.29, 1.82) is 0 Å². The molecule has 252 valence electrons. The average molecular weight is 711 g/mol. The lowest BCUT2D eigenvalue weighted by atomic mass is 9.59. The van der Waals surface area contributed by atoms with Crippen molar-refractivity contribution < 1.29 is 4.42 Å².